The van der Waals surface area contributed by atoms with E-state index in [0.29, 0.717) is 0 Å². The largest absolute Gasteiger partial charge is 0.472 e. The molecule has 2 heterocycles. The Labute approximate surface area is 124 Å². The highest BCUT2D eigenvalue weighted by atomic mass is 32.1. The van der Waals surface area contributed by atoms with Crippen LogP contribution in [-0.4, -0.2) is 4.98 Å². The van der Waals surface area contributed by atoms with Crippen molar-refractivity contribution < 1.29 is 4.74 Å². The quantitative estimate of drug-likeness (QED) is 0.715. The van der Waals surface area contributed by atoms with Gasteiger partial charge in [-0.25, -0.2) is 4.98 Å². The topological polar surface area (TPSA) is 25.4 Å². The Balaban J connectivity index is 1.54. The van der Waals surface area contributed by atoms with Gasteiger partial charge in [-0.15, -0.1) is 11.3 Å². The first kappa shape index (κ1) is 11.8. The van der Waals surface area contributed by atoms with Crippen LogP contribution >= 0.6 is 11.3 Å². The van der Waals surface area contributed by atoms with Crippen LogP contribution in [0.2, 0.25) is 0 Å². The molecule has 2 nitrogen and oxygen atoms in total. The molecule has 1 aromatic heterocycles. The molecule has 4 aliphatic carbocycles. The zero-order chi connectivity index (χ0) is 13.5. The number of nitrogens with zero attached hydrogens (tertiary/aromatic N) is 1. The highest BCUT2D eigenvalue weighted by Crippen LogP contribution is 2.63. The van der Waals surface area contributed by atoms with Gasteiger partial charge in [-0.2, -0.15) is 0 Å². The summed E-state index contributed by atoms with van der Waals surface area (Å²) in [5.41, 5.74) is 2.65. The molecule has 0 N–H and O–H groups in total. The molecule has 0 amide bonds. The fraction of sp³-hybridized carbons (Fsp3) is 0.706. The van der Waals surface area contributed by atoms with E-state index in [-0.39, 0.29) is 5.60 Å². The molecule has 1 unspecified atom stereocenters. The highest BCUT2D eigenvalue weighted by molar-refractivity contribution is 7.09. The first-order valence-corrected chi connectivity index (χ1v) is 8.87. The van der Waals surface area contributed by atoms with Crippen LogP contribution in [0, 0.1) is 30.6 Å². The van der Waals surface area contributed by atoms with Gasteiger partial charge in [0.25, 0.3) is 0 Å². The molecule has 5 fully saturated rings. The third kappa shape index (κ3) is 1.47. The van der Waals surface area contributed by atoms with E-state index in [0.717, 1.165) is 34.4 Å². The summed E-state index contributed by atoms with van der Waals surface area (Å²) in [4.78, 5) is 4.67. The average molecular weight is 287 g/mol. The van der Waals surface area contributed by atoms with E-state index in [4.69, 9.17) is 4.74 Å². The van der Waals surface area contributed by atoms with Crippen LogP contribution in [0.15, 0.2) is 16.7 Å². The van der Waals surface area contributed by atoms with Crippen LogP contribution in [-0.2, 0) is 10.3 Å². The van der Waals surface area contributed by atoms with E-state index in [9.17, 15) is 0 Å². The molecule has 20 heavy (non-hydrogen) atoms. The summed E-state index contributed by atoms with van der Waals surface area (Å²) in [7, 11) is 0. The van der Waals surface area contributed by atoms with E-state index in [1.54, 1.807) is 16.9 Å². The van der Waals surface area contributed by atoms with Crippen molar-refractivity contribution in [3.8, 4) is 0 Å². The summed E-state index contributed by atoms with van der Waals surface area (Å²) in [6, 6.07) is 0. The lowest BCUT2D eigenvalue weighted by molar-refractivity contribution is 0.0679. The molecule has 106 valence electrons. The Morgan fingerprint density at radius 1 is 1.15 bits per heavy atom. The highest BCUT2D eigenvalue weighted by Gasteiger charge is 2.58. The van der Waals surface area contributed by atoms with Crippen LogP contribution in [0.5, 0.6) is 0 Å². The van der Waals surface area contributed by atoms with Crippen molar-refractivity contribution in [2.24, 2.45) is 23.7 Å². The third-order valence-corrected chi connectivity index (χ3v) is 7.17. The molecule has 3 heteroatoms. The number of allylic oxidation sites excluding steroid dienone is 1. The monoisotopic (exact) mass is 287 g/mol. The summed E-state index contributed by atoms with van der Waals surface area (Å²) in [6.07, 6.45) is 7.24. The Hall–Kier alpha value is -0.830. The molecule has 4 bridgehead atoms. The van der Waals surface area contributed by atoms with Crippen LogP contribution in [0.1, 0.15) is 49.7 Å². The van der Waals surface area contributed by atoms with Gasteiger partial charge in [0.15, 0.2) is 0 Å². The molecule has 0 aromatic carbocycles. The lowest BCUT2D eigenvalue weighted by atomic mass is 9.54. The van der Waals surface area contributed by atoms with Crippen LogP contribution < -0.4 is 0 Å². The van der Waals surface area contributed by atoms with Gasteiger partial charge < -0.3 is 4.74 Å². The maximum Gasteiger partial charge on any atom is 0.213 e. The van der Waals surface area contributed by atoms with Crippen molar-refractivity contribution >= 4 is 11.3 Å². The first-order valence-electron chi connectivity index (χ1n) is 7.99. The number of ether oxygens (including phenoxy) is 1. The Morgan fingerprint density at radius 3 is 2.35 bits per heavy atom. The predicted molar refractivity (Wildman–Crippen MR) is 79.4 cm³/mol. The first-order chi connectivity index (χ1) is 9.63. The van der Waals surface area contributed by atoms with E-state index < -0.39 is 0 Å². The smallest absolute Gasteiger partial charge is 0.213 e. The van der Waals surface area contributed by atoms with E-state index in [1.807, 2.05) is 0 Å². The van der Waals surface area contributed by atoms with E-state index in [1.165, 1.54) is 37.9 Å². The van der Waals surface area contributed by atoms with Gasteiger partial charge in [0, 0.05) is 11.1 Å². The molecule has 1 saturated heterocycles. The Kier molecular flexibility index (Phi) is 2.17. The van der Waals surface area contributed by atoms with Crippen molar-refractivity contribution in [3.63, 3.8) is 0 Å². The minimum absolute atomic E-state index is 0.177. The van der Waals surface area contributed by atoms with Crippen molar-refractivity contribution in [2.75, 3.05) is 0 Å². The van der Waals surface area contributed by atoms with Gasteiger partial charge in [0.05, 0.1) is 0 Å². The number of thiazole rings is 1. The molecule has 5 aliphatic rings. The maximum atomic E-state index is 6.16. The van der Waals surface area contributed by atoms with Crippen molar-refractivity contribution in [1.29, 1.82) is 0 Å². The average Bonchev–Trinajstić information content (AvgIpc) is 2.87. The van der Waals surface area contributed by atoms with Gasteiger partial charge in [-0.1, -0.05) is 0 Å². The molecule has 0 spiro atoms. The third-order valence-electron chi connectivity index (χ3n) is 6.00. The van der Waals surface area contributed by atoms with Gasteiger partial charge in [0.1, 0.15) is 10.8 Å². The lowest BCUT2D eigenvalue weighted by Gasteiger charge is -2.51. The zero-order valence-electron chi connectivity index (χ0n) is 12.2. The second kappa shape index (κ2) is 3.68. The number of epoxide rings is 1. The second-order valence-corrected chi connectivity index (χ2v) is 8.38. The molecular formula is C17H21NOS. The fourth-order valence-electron chi connectivity index (χ4n) is 5.29. The summed E-state index contributed by atoms with van der Waals surface area (Å²) in [5.74, 6) is 5.02. The van der Waals surface area contributed by atoms with E-state index >= 15 is 0 Å². The maximum absolute atomic E-state index is 6.16. The van der Waals surface area contributed by atoms with E-state index in [2.05, 4.69) is 24.2 Å². The molecule has 0 radical (unpaired) electrons. The zero-order valence-corrected chi connectivity index (χ0v) is 13.0. The predicted octanol–water partition coefficient (Wildman–Crippen LogP) is 4.41. The Morgan fingerprint density at radius 2 is 1.80 bits per heavy atom. The normalized spacial score (nSPS) is 44.9. The van der Waals surface area contributed by atoms with Gasteiger partial charge in [-0.05, 0) is 75.2 Å². The minimum atomic E-state index is -0.177. The SMILES string of the molecule is Cc1csc(C2(C)OC2=C2C3CC4CC(C3)CC2C4)n1. The molecular weight excluding hydrogens is 266 g/mol. The van der Waals surface area contributed by atoms with Gasteiger partial charge in [-0.3, -0.25) is 0 Å². The number of aryl methyl sites for hydroxylation is 1. The summed E-state index contributed by atoms with van der Waals surface area (Å²) >= 11 is 1.75. The fourth-order valence-corrected chi connectivity index (χ4v) is 6.18. The second-order valence-electron chi connectivity index (χ2n) is 7.52. The van der Waals surface area contributed by atoms with Crippen molar-refractivity contribution in [3.05, 3.63) is 27.4 Å². The van der Waals surface area contributed by atoms with Crippen molar-refractivity contribution in [2.45, 2.75) is 51.6 Å². The summed E-state index contributed by atoms with van der Waals surface area (Å²) in [6.45, 7) is 4.29. The Bertz CT molecular complexity index is 586. The minimum Gasteiger partial charge on any atom is -0.472 e. The molecule has 1 aromatic rings. The lowest BCUT2D eigenvalue weighted by Crippen LogP contribution is -2.40. The molecule has 1 atom stereocenters. The number of aromatic nitrogens is 1. The summed E-state index contributed by atoms with van der Waals surface area (Å²) < 4.78 is 6.16. The number of hydrogen-bond donors (Lipinski definition) is 0. The molecule has 4 saturated carbocycles. The summed E-state index contributed by atoms with van der Waals surface area (Å²) in [5, 5.41) is 3.30. The van der Waals surface area contributed by atoms with Crippen LogP contribution in [0.4, 0.5) is 0 Å². The van der Waals surface area contributed by atoms with Crippen molar-refractivity contribution in [1.82, 2.24) is 4.98 Å². The number of rotatable bonds is 1. The number of hydrogen-bond acceptors (Lipinski definition) is 3. The van der Waals surface area contributed by atoms with Gasteiger partial charge in [0.2, 0.25) is 5.60 Å². The van der Waals surface area contributed by atoms with Crippen LogP contribution in [0.25, 0.3) is 0 Å². The standard InChI is InChI=1S/C17H21NOS/c1-9-8-20-16(18-9)17(2)15(19-17)14-12-4-10-3-11(6-12)7-13(14)5-10/h8,10-13H,3-7H2,1-2H3. The molecule has 1 aliphatic heterocycles. The molecule has 6 rings (SSSR count). The van der Waals surface area contributed by atoms with Crippen LogP contribution in [0.3, 0.4) is 0 Å². The van der Waals surface area contributed by atoms with Gasteiger partial charge >= 0.3 is 0 Å².